The highest BCUT2D eigenvalue weighted by atomic mass is 16.2. The van der Waals surface area contributed by atoms with Crippen LogP contribution in [0.4, 0.5) is 16.3 Å². The molecule has 2 aromatic rings. The van der Waals surface area contributed by atoms with Crippen molar-refractivity contribution < 1.29 is 4.79 Å². The molecule has 3 heterocycles. The lowest BCUT2D eigenvalue weighted by atomic mass is 10.0. The number of anilines is 2. The lowest BCUT2D eigenvalue weighted by Crippen LogP contribution is -2.49. The summed E-state index contributed by atoms with van der Waals surface area (Å²) in [5.41, 5.74) is 3.09. The van der Waals surface area contributed by atoms with E-state index in [4.69, 9.17) is 0 Å². The summed E-state index contributed by atoms with van der Waals surface area (Å²) in [6, 6.07) is 8.38. The number of fused-ring (bicyclic) bond motifs is 1. The van der Waals surface area contributed by atoms with E-state index in [-0.39, 0.29) is 12.1 Å². The Morgan fingerprint density at radius 2 is 1.88 bits per heavy atom. The van der Waals surface area contributed by atoms with Gasteiger partial charge >= 0.3 is 6.03 Å². The van der Waals surface area contributed by atoms with Crippen LogP contribution in [0.1, 0.15) is 24.1 Å². The van der Waals surface area contributed by atoms with Gasteiger partial charge in [-0.3, -0.25) is 4.98 Å². The lowest BCUT2D eigenvalue weighted by Gasteiger charge is -2.38. The van der Waals surface area contributed by atoms with Gasteiger partial charge in [0.25, 0.3) is 0 Å². The number of hydrogen-bond acceptors (Lipinski definition) is 4. The van der Waals surface area contributed by atoms with Crippen LogP contribution in [0.2, 0.25) is 0 Å². The van der Waals surface area contributed by atoms with Gasteiger partial charge in [0.05, 0.1) is 18.1 Å². The van der Waals surface area contributed by atoms with Crippen LogP contribution in [0.25, 0.3) is 0 Å². The molecule has 1 N–H and O–H groups in total. The van der Waals surface area contributed by atoms with E-state index in [0.29, 0.717) is 0 Å². The van der Waals surface area contributed by atoms with Crippen molar-refractivity contribution in [3.8, 4) is 0 Å². The smallest absolute Gasteiger partial charge is 0.322 e. The van der Waals surface area contributed by atoms with Crippen molar-refractivity contribution >= 4 is 17.5 Å². The summed E-state index contributed by atoms with van der Waals surface area (Å²) in [6.45, 7) is 4.52. The van der Waals surface area contributed by atoms with Crippen molar-refractivity contribution in [3.05, 3.63) is 47.9 Å². The van der Waals surface area contributed by atoms with Gasteiger partial charge in [-0.15, -0.1) is 0 Å². The minimum absolute atomic E-state index is 0.0264. The number of hydrogen-bond donors (Lipinski definition) is 1. The maximum absolute atomic E-state index is 12.6. The van der Waals surface area contributed by atoms with Gasteiger partial charge in [-0.25, -0.2) is 9.78 Å². The number of carbonyl (C=O) groups excluding carboxylic acids is 1. The Labute approximate surface area is 147 Å². The van der Waals surface area contributed by atoms with E-state index >= 15 is 0 Å². The van der Waals surface area contributed by atoms with E-state index in [2.05, 4.69) is 26.3 Å². The molecule has 1 saturated heterocycles. The molecule has 1 fully saturated rings. The number of aryl methyl sites for hydroxylation is 1. The molecule has 2 aliphatic heterocycles. The van der Waals surface area contributed by atoms with E-state index in [9.17, 15) is 4.79 Å². The maximum atomic E-state index is 12.6. The molecule has 0 saturated carbocycles. The Balaban J connectivity index is 1.41. The zero-order valence-corrected chi connectivity index (χ0v) is 14.5. The van der Waals surface area contributed by atoms with Crippen molar-refractivity contribution in [2.75, 3.05) is 29.9 Å². The average Bonchev–Trinajstić information content (AvgIpc) is 2.81. The molecule has 0 unspecified atom stereocenters. The number of nitrogens with zero attached hydrogens (tertiary/aromatic N) is 4. The average molecular weight is 337 g/mol. The van der Waals surface area contributed by atoms with E-state index in [1.165, 1.54) is 5.56 Å². The van der Waals surface area contributed by atoms with Crippen LogP contribution in [0.5, 0.6) is 0 Å². The molecule has 0 spiro atoms. The third-order valence-electron chi connectivity index (χ3n) is 5.14. The maximum Gasteiger partial charge on any atom is 0.322 e. The molecule has 6 heteroatoms. The van der Waals surface area contributed by atoms with Crippen LogP contribution in [0, 0.1) is 6.92 Å². The van der Waals surface area contributed by atoms with Crippen LogP contribution < -0.4 is 10.2 Å². The van der Waals surface area contributed by atoms with E-state index in [1.54, 1.807) is 6.20 Å². The molecule has 2 amide bonds. The van der Waals surface area contributed by atoms with Crippen LogP contribution in [0.3, 0.4) is 0 Å². The second-order valence-corrected chi connectivity index (χ2v) is 6.76. The summed E-state index contributed by atoms with van der Waals surface area (Å²) >= 11 is 0. The number of para-hydroxylation sites is 1. The van der Waals surface area contributed by atoms with Crippen LogP contribution in [0.15, 0.2) is 36.7 Å². The normalized spacial score (nSPS) is 18.5. The molecule has 4 rings (SSSR count). The Kier molecular flexibility index (Phi) is 4.26. The fraction of sp³-hybridized carbons (Fsp3) is 0.421. The summed E-state index contributed by atoms with van der Waals surface area (Å²) in [7, 11) is 0. The molecule has 25 heavy (non-hydrogen) atoms. The number of amides is 2. The lowest BCUT2D eigenvalue weighted by molar-refractivity contribution is 0.177. The first-order valence-corrected chi connectivity index (χ1v) is 8.90. The summed E-state index contributed by atoms with van der Waals surface area (Å²) < 4.78 is 0. The topological polar surface area (TPSA) is 61.4 Å². The highest BCUT2D eigenvalue weighted by Gasteiger charge is 2.30. The molecular formula is C19H23N5O. The zero-order chi connectivity index (χ0) is 17.2. The summed E-state index contributed by atoms with van der Waals surface area (Å²) in [4.78, 5) is 25.7. The third kappa shape index (κ3) is 3.29. The number of nitrogens with one attached hydrogen (secondary N) is 1. The largest absolute Gasteiger partial charge is 0.355 e. The predicted octanol–water partition coefficient (Wildman–Crippen LogP) is 2.84. The van der Waals surface area contributed by atoms with Crippen molar-refractivity contribution in [3.63, 3.8) is 0 Å². The fourth-order valence-corrected chi connectivity index (χ4v) is 3.69. The van der Waals surface area contributed by atoms with Gasteiger partial charge in [0.1, 0.15) is 5.82 Å². The highest BCUT2D eigenvalue weighted by molar-refractivity contribution is 5.91. The van der Waals surface area contributed by atoms with Crippen LogP contribution in [-0.2, 0) is 6.42 Å². The number of piperidine rings is 1. The molecule has 0 bridgehead atoms. The number of urea groups is 1. The van der Waals surface area contributed by atoms with E-state index < -0.39 is 0 Å². The minimum Gasteiger partial charge on any atom is -0.355 e. The number of aromatic nitrogens is 2. The van der Waals surface area contributed by atoms with E-state index in [1.807, 2.05) is 36.2 Å². The standard InChI is InChI=1S/C19H23N5O/c1-14-12-21-18(13-20-14)23-9-7-16(8-10-23)24-11-6-15-4-2-3-5-17(15)22-19(24)25/h2-5,12-13,16H,6-11H2,1H3,(H,22,25). The third-order valence-corrected chi connectivity index (χ3v) is 5.14. The first-order valence-electron chi connectivity index (χ1n) is 8.90. The van der Waals surface area contributed by atoms with Gasteiger partial charge in [0.2, 0.25) is 0 Å². The molecular weight excluding hydrogens is 314 g/mol. The fourth-order valence-electron chi connectivity index (χ4n) is 3.69. The summed E-state index contributed by atoms with van der Waals surface area (Å²) in [6.07, 6.45) is 6.46. The Morgan fingerprint density at radius 3 is 2.64 bits per heavy atom. The Hall–Kier alpha value is -2.63. The van der Waals surface area contributed by atoms with Crippen LogP contribution >= 0.6 is 0 Å². The predicted molar refractivity (Wildman–Crippen MR) is 97.9 cm³/mol. The SMILES string of the molecule is Cc1cnc(N2CCC(N3CCc4ccccc4NC3=O)CC2)cn1. The Bertz CT molecular complexity index is 753. The van der Waals surface area contributed by atoms with Crippen molar-refractivity contribution in [2.45, 2.75) is 32.2 Å². The summed E-state index contributed by atoms with van der Waals surface area (Å²) in [5.74, 6) is 0.928. The van der Waals surface area contributed by atoms with Gasteiger partial charge in [-0.1, -0.05) is 18.2 Å². The quantitative estimate of drug-likeness (QED) is 0.915. The number of rotatable bonds is 2. The second kappa shape index (κ2) is 6.70. The van der Waals surface area contributed by atoms with Gasteiger partial charge in [0.15, 0.2) is 0 Å². The molecule has 1 aromatic heterocycles. The first-order chi connectivity index (χ1) is 12.2. The summed E-state index contributed by atoms with van der Waals surface area (Å²) in [5, 5.41) is 3.07. The van der Waals surface area contributed by atoms with Crippen LogP contribution in [-0.4, -0.2) is 46.6 Å². The van der Waals surface area contributed by atoms with Gasteiger partial charge in [-0.05, 0) is 37.8 Å². The minimum atomic E-state index is 0.0264. The second-order valence-electron chi connectivity index (χ2n) is 6.76. The van der Waals surface area contributed by atoms with Crippen molar-refractivity contribution in [2.24, 2.45) is 0 Å². The van der Waals surface area contributed by atoms with Gasteiger partial charge in [0, 0.05) is 31.4 Å². The number of benzene rings is 1. The van der Waals surface area contributed by atoms with Crippen molar-refractivity contribution in [1.82, 2.24) is 14.9 Å². The highest BCUT2D eigenvalue weighted by Crippen LogP contribution is 2.25. The molecule has 1 aromatic carbocycles. The molecule has 0 radical (unpaired) electrons. The Morgan fingerprint density at radius 1 is 1.08 bits per heavy atom. The number of carbonyl (C=O) groups is 1. The molecule has 0 atom stereocenters. The zero-order valence-electron chi connectivity index (χ0n) is 14.5. The monoisotopic (exact) mass is 337 g/mol. The molecule has 130 valence electrons. The van der Waals surface area contributed by atoms with Gasteiger partial charge in [-0.2, -0.15) is 0 Å². The molecule has 0 aliphatic carbocycles. The first kappa shape index (κ1) is 15.9. The van der Waals surface area contributed by atoms with Crippen molar-refractivity contribution in [1.29, 1.82) is 0 Å². The molecule has 6 nitrogen and oxygen atoms in total. The van der Waals surface area contributed by atoms with Gasteiger partial charge < -0.3 is 15.1 Å². The van der Waals surface area contributed by atoms with E-state index in [0.717, 1.165) is 56.1 Å². The molecule has 2 aliphatic rings.